The average molecular weight is 484 g/mol. The van der Waals surface area contributed by atoms with Crippen LogP contribution < -0.4 is 0 Å². The van der Waals surface area contributed by atoms with E-state index >= 15 is 0 Å². The number of nitrogens with zero attached hydrogens (tertiary/aromatic N) is 3. The molecule has 8 heteroatoms. The van der Waals surface area contributed by atoms with Crippen LogP contribution in [-0.2, 0) is 26.1 Å². The van der Waals surface area contributed by atoms with Gasteiger partial charge in [-0.05, 0) is 61.1 Å². The number of hydrogen-bond acceptors (Lipinski definition) is 5. The van der Waals surface area contributed by atoms with E-state index in [0.717, 1.165) is 56.3 Å². The molecule has 1 amide bonds. The van der Waals surface area contributed by atoms with Gasteiger partial charge in [0, 0.05) is 51.3 Å². The zero-order valence-electron chi connectivity index (χ0n) is 19.5. The van der Waals surface area contributed by atoms with Crippen LogP contribution in [0.3, 0.4) is 0 Å². The highest BCUT2D eigenvalue weighted by atomic mass is 32.2. The van der Waals surface area contributed by atoms with Gasteiger partial charge in [0.25, 0.3) is 0 Å². The summed E-state index contributed by atoms with van der Waals surface area (Å²) in [4.78, 5) is 19.3. The minimum atomic E-state index is -3.48. The van der Waals surface area contributed by atoms with E-state index in [1.54, 1.807) is 58.0 Å². The number of pyridine rings is 1. The highest BCUT2D eigenvalue weighted by Crippen LogP contribution is 2.21. The van der Waals surface area contributed by atoms with Crippen molar-refractivity contribution >= 4 is 22.0 Å². The van der Waals surface area contributed by atoms with E-state index in [1.807, 2.05) is 12.1 Å². The summed E-state index contributed by atoms with van der Waals surface area (Å²) in [6, 6.07) is 10.6. The summed E-state index contributed by atoms with van der Waals surface area (Å²) >= 11 is 0. The summed E-state index contributed by atoms with van der Waals surface area (Å²) in [6.45, 7) is 2.89. The third-order valence-electron chi connectivity index (χ3n) is 6.36. The second kappa shape index (κ2) is 11.7. The first-order valence-corrected chi connectivity index (χ1v) is 13.5. The summed E-state index contributed by atoms with van der Waals surface area (Å²) < 4.78 is 33.3. The first-order valence-electron chi connectivity index (χ1n) is 12.1. The predicted molar refractivity (Wildman–Crippen MR) is 131 cm³/mol. The van der Waals surface area contributed by atoms with E-state index in [0.29, 0.717) is 31.1 Å². The Labute approximate surface area is 202 Å². The molecule has 2 aliphatic rings. The molecular weight excluding hydrogens is 450 g/mol. The Hall–Kier alpha value is -2.55. The van der Waals surface area contributed by atoms with Gasteiger partial charge in [0.05, 0.1) is 11.0 Å². The largest absolute Gasteiger partial charge is 0.376 e. The van der Waals surface area contributed by atoms with Crippen molar-refractivity contribution < 1.29 is 17.9 Å². The van der Waals surface area contributed by atoms with Crippen LogP contribution in [0.2, 0.25) is 0 Å². The van der Waals surface area contributed by atoms with Gasteiger partial charge in [-0.25, -0.2) is 8.42 Å². The maximum atomic E-state index is 13.0. The number of ether oxygens (including phenoxy) is 1. The van der Waals surface area contributed by atoms with Gasteiger partial charge < -0.3 is 9.64 Å². The van der Waals surface area contributed by atoms with E-state index < -0.39 is 10.0 Å². The molecule has 0 bridgehead atoms. The lowest BCUT2D eigenvalue weighted by Gasteiger charge is -2.24. The Morgan fingerprint density at radius 3 is 2.50 bits per heavy atom. The number of carbonyl (C=O) groups is 1. The molecule has 2 fully saturated rings. The van der Waals surface area contributed by atoms with Crippen LogP contribution in [0, 0.1) is 0 Å². The van der Waals surface area contributed by atoms with Crippen molar-refractivity contribution in [1.82, 2.24) is 14.2 Å². The van der Waals surface area contributed by atoms with Crippen molar-refractivity contribution in [3.63, 3.8) is 0 Å². The summed E-state index contributed by atoms with van der Waals surface area (Å²) in [6.07, 6.45) is 12.7. The molecule has 1 atom stereocenters. The van der Waals surface area contributed by atoms with E-state index in [-0.39, 0.29) is 12.0 Å². The molecule has 2 aliphatic heterocycles. The van der Waals surface area contributed by atoms with Gasteiger partial charge in [-0.15, -0.1) is 0 Å². The fraction of sp³-hybridized carbons (Fsp3) is 0.462. The van der Waals surface area contributed by atoms with Crippen molar-refractivity contribution in [3.8, 4) is 0 Å². The van der Waals surface area contributed by atoms with Crippen molar-refractivity contribution in [2.24, 2.45) is 0 Å². The minimum Gasteiger partial charge on any atom is -0.376 e. The Balaban J connectivity index is 1.43. The Kier molecular flexibility index (Phi) is 8.48. The fourth-order valence-electron chi connectivity index (χ4n) is 4.43. The fourth-order valence-corrected chi connectivity index (χ4v) is 5.95. The number of hydrogen-bond donors (Lipinski definition) is 0. The van der Waals surface area contributed by atoms with Crippen LogP contribution in [0.5, 0.6) is 0 Å². The molecule has 3 heterocycles. The second-order valence-corrected chi connectivity index (χ2v) is 10.9. The van der Waals surface area contributed by atoms with Crippen LogP contribution in [0.1, 0.15) is 49.7 Å². The molecule has 2 saturated heterocycles. The van der Waals surface area contributed by atoms with Gasteiger partial charge in [0.15, 0.2) is 0 Å². The van der Waals surface area contributed by atoms with Gasteiger partial charge >= 0.3 is 0 Å². The lowest BCUT2D eigenvalue weighted by molar-refractivity contribution is -0.128. The molecule has 4 rings (SSSR count). The third kappa shape index (κ3) is 6.52. The van der Waals surface area contributed by atoms with E-state index in [1.165, 1.54) is 0 Å². The number of carbonyl (C=O) groups excluding carboxylic acids is 1. The zero-order valence-corrected chi connectivity index (χ0v) is 20.3. The van der Waals surface area contributed by atoms with E-state index in [2.05, 4.69) is 4.98 Å². The summed E-state index contributed by atoms with van der Waals surface area (Å²) in [7, 11) is -3.48. The first-order chi connectivity index (χ1) is 16.5. The zero-order chi connectivity index (χ0) is 23.8. The minimum absolute atomic E-state index is 0.0532. The number of aromatic nitrogens is 1. The maximum Gasteiger partial charge on any atom is 0.246 e. The number of benzene rings is 1. The van der Waals surface area contributed by atoms with Gasteiger partial charge in [0.2, 0.25) is 15.9 Å². The molecule has 2 aromatic rings. The molecule has 182 valence electrons. The molecule has 1 aromatic carbocycles. The van der Waals surface area contributed by atoms with Crippen molar-refractivity contribution in [1.29, 1.82) is 0 Å². The molecular formula is C26H33N3O4S. The van der Waals surface area contributed by atoms with Gasteiger partial charge in [-0.1, -0.05) is 31.0 Å². The molecule has 0 spiro atoms. The Bertz CT molecular complexity index is 1060. The van der Waals surface area contributed by atoms with E-state index in [9.17, 15) is 13.2 Å². The van der Waals surface area contributed by atoms with Crippen LogP contribution >= 0.6 is 0 Å². The topological polar surface area (TPSA) is 79.8 Å². The lowest BCUT2D eigenvalue weighted by atomic mass is 10.2. The van der Waals surface area contributed by atoms with E-state index in [4.69, 9.17) is 4.74 Å². The smallest absolute Gasteiger partial charge is 0.246 e. The van der Waals surface area contributed by atoms with Crippen LogP contribution in [0.4, 0.5) is 0 Å². The molecule has 0 saturated carbocycles. The molecule has 0 radical (unpaired) electrons. The van der Waals surface area contributed by atoms with Crippen LogP contribution in [0.25, 0.3) is 6.08 Å². The Morgan fingerprint density at radius 1 is 1.09 bits per heavy atom. The van der Waals surface area contributed by atoms with Gasteiger partial charge in [-0.2, -0.15) is 4.31 Å². The lowest BCUT2D eigenvalue weighted by Crippen LogP contribution is -2.35. The number of amides is 1. The average Bonchev–Trinajstić information content (AvgIpc) is 3.21. The maximum absolute atomic E-state index is 13.0. The van der Waals surface area contributed by atoms with Crippen LogP contribution in [0.15, 0.2) is 59.8 Å². The Morgan fingerprint density at radius 2 is 1.85 bits per heavy atom. The van der Waals surface area contributed by atoms with Crippen molar-refractivity contribution in [2.75, 3.05) is 26.2 Å². The van der Waals surface area contributed by atoms with Crippen molar-refractivity contribution in [2.45, 2.75) is 56.1 Å². The summed E-state index contributed by atoms with van der Waals surface area (Å²) in [5.41, 5.74) is 1.74. The molecule has 7 nitrogen and oxygen atoms in total. The van der Waals surface area contributed by atoms with Gasteiger partial charge in [-0.3, -0.25) is 9.78 Å². The van der Waals surface area contributed by atoms with Crippen LogP contribution in [-0.4, -0.2) is 60.9 Å². The van der Waals surface area contributed by atoms with Crippen molar-refractivity contribution in [3.05, 3.63) is 66.0 Å². The standard InChI is InChI=1S/C26H33N3O4S/c30-26(28(21-24-8-6-18-33-24)20-23-7-5-15-27-19-23)14-11-22-9-12-25(13-10-22)34(31,32)29-16-3-1-2-4-17-29/h5,7,9-15,19,24H,1-4,6,8,16-18,20-21H2/b14-11+. The molecule has 1 unspecified atom stereocenters. The quantitative estimate of drug-likeness (QED) is 0.533. The molecule has 0 N–H and O–H groups in total. The third-order valence-corrected chi connectivity index (χ3v) is 8.27. The monoisotopic (exact) mass is 483 g/mol. The normalized spacial score (nSPS) is 19.8. The highest BCUT2D eigenvalue weighted by molar-refractivity contribution is 7.89. The molecule has 0 aliphatic carbocycles. The summed E-state index contributed by atoms with van der Waals surface area (Å²) in [5, 5.41) is 0. The molecule has 1 aromatic heterocycles. The number of sulfonamides is 1. The second-order valence-electron chi connectivity index (χ2n) is 8.94. The first kappa shape index (κ1) is 24.6. The predicted octanol–water partition coefficient (Wildman–Crippen LogP) is 3.87. The SMILES string of the molecule is O=C(/C=C/c1ccc(S(=O)(=O)N2CCCCCC2)cc1)N(Cc1cccnc1)CC1CCCO1. The van der Waals surface area contributed by atoms with Gasteiger partial charge in [0.1, 0.15) is 0 Å². The molecule has 34 heavy (non-hydrogen) atoms. The number of rotatable bonds is 8. The highest BCUT2D eigenvalue weighted by Gasteiger charge is 2.25. The summed E-state index contributed by atoms with van der Waals surface area (Å²) in [5.74, 6) is -0.111.